The zero-order valence-corrected chi connectivity index (χ0v) is 13.5. The molecular formula is C17H28N2O2. The Morgan fingerprint density at radius 2 is 1.90 bits per heavy atom. The molecule has 1 atom stereocenters. The van der Waals surface area contributed by atoms with Crippen molar-refractivity contribution in [1.29, 1.82) is 0 Å². The summed E-state index contributed by atoms with van der Waals surface area (Å²) in [5.74, 6) is -0.379. The van der Waals surface area contributed by atoms with Gasteiger partial charge in [0.2, 0.25) is 0 Å². The molecule has 1 aromatic rings. The summed E-state index contributed by atoms with van der Waals surface area (Å²) in [5, 5.41) is 0. The van der Waals surface area contributed by atoms with E-state index in [-0.39, 0.29) is 5.97 Å². The van der Waals surface area contributed by atoms with Crippen LogP contribution in [0.2, 0.25) is 0 Å². The third kappa shape index (κ3) is 5.14. The topological polar surface area (TPSA) is 55.6 Å². The lowest BCUT2D eigenvalue weighted by Gasteiger charge is -2.29. The second kappa shape index (κ2) is 8.80. The fourth-order valence-corrected chi connectivity index (χ4v) is 2.39. The van der Waals surface area contributed by atoms with Crippen molar-refractivity contribution < 1.29 is 9.53 Å². The minimum absolute atomic E-state index is 0.379. The van der Waals surface area contributed by atoms with Gasteiger partial charge in [0, 0.05) is 6.54 Å². The Kier molecular flexibility index (Phi) is 7.40. The van der Waals surface area contributed by atoms with Gasteiger partial charge in [-0.05, 0) is 32.0 Å². The smallest absolute Gasteiger partial charge is 0.330 e. The quantitative estimate of drug-likeness (QED) is 0.561. The predicted molar refractivity (Wildman–Crippen MR) is 86.0 cm³/mol. The van der Waals surface area contributed by atoms with Crippen molar-refractivity contribution in [3.63, 3.8) is 0 Å². The number of esters is 1. The molecule has 4 heteroatoms. The monoisotopic (exact) mass is 292 g/mol. The first-order valence-electron chi connectivity index (χ1n) is 7.66. The van der Waals surface area contributed by atoms with Gasteiger partial charge in [-0.2, -0.15) is 0 Å². The summed E-state index contributed by atoms with van der Waals surface area (Å²) in [4.78, 5) is 14.4. The van der Waals surface area contributed by atoms with Gasteiger partial charge in [-0.25, -0.2) is 4.79 Å². The molecule has 0 saturated heterocycles. The molecule has 0 bridgehead atoms. The van der Waals surface area contributed by atoms with E-state index in [1.807, 2.05) is 30.3 Å². The molecule has 1 aromatic carbocycles. The summed E-state index contributed by atoms with van der Waals surface area (Å²) >= 11 is 0. The number of nitrogens with zero attached hydrogens (tertiary/aromatic N) is 1. The van der Waals surface area contributed by atoms with E-state index in [9.17, 15) is 4.79 Å². The maximum Gasteiger partial charge on any atom is 0.330 e. The van der Waals surface area contributed by atoms with Crippen molar-refractivity contribution in [3.8, 4) is 0 Å². The number of rotatable bonds is 9. The van der Waals surface area contributed by atoms with Crippen molar-refractivity contribution in [3.05, 3.63) is 35.9 Å². The van der Waals surface area contributed by atoms with Gasteiger partial charge >= 0.3 is 5.97 Å². The van der Waals surface area contributed by atoms with E-state index >= 15 is 0 Å². The Balaban J connectivity index is 2.69. The molecule has 0 aliphatic heterocycles. The van der Waals surface area contributed by atoms with Crippen molar-refractivity contribution in [2.45, 2.75) is 38.1 Å². The van der Waals surface area contributed by atoms with Crippen LogP contribution in [0.5, 0.6) is 0 Å². The molecule has 0 saturated carbocycles. The van der Waals surface area contributed by atoms with Gasteiger partial charge in [0.15, 0.2) is 0 Å². The lowest BCUT2D eigenvalue weighted by atomic mass is 9.87. The largest absolute Gasteiger partial charge is 0.467 e. The molecule has 0 fully saturated rings. The van der Waals surface area contributed by atoms with Crippen LogP contribution in [0.15, 0.2) is 30.3 Å². The Labute approximate surface area is 128 Å². The SMILES string of the molecule is CCCCCN(C)CCC(N)(C(=O)OC)c1ccccc1. The highest BCUT2D eigenvalue weighted by atomic mass is 16.5. The minimum Gasteiger partial charge on any atom is -0.467 e. The summed E-state index contributed by atoms with van der Waals surface area (Å²) in [5.41, 5.74) is 6.11. The van der Waals surface area contributed by atoms with Gasteiger partial charge in [-0.15, -0.1) is 0 Å². The molecule has 4 nitrogen and oxygen atoms in total. The standard InChI is InChI=1S/C17H28N2O2/c1-4-5-9-13-19(2)14-12-17(18,16(20)21-3)15-10-7-6-8-11-15/h6-8,10-11H,4-5,9,12-14,18H2,1-3H3. The van der Waals surface area contributed by atoms with Crippen LogP contribution in [0, 0.1) is 0 Å². The number of ether oxygens (including phenoxy) is 1. The van der Waals surface area contributed by atoms with E-state index in [0.717, 1.165) is 18.7 Å². The average molecular weight is 292 g/mol. The van der Waals surface area contributed by atoms with E-state index in [0.29, 0.717) is 6.42 Å². The highest BCUT2D eigenvalue weighted by Crippen LogP contribution is 2.24. The number of hydrogen-bond acceptors (Lipinski definition) is 4. The third-order valence-electron chi connectivity index (χ3n) is 3.87. The van der Waals surface area contributed by atoms with Crippen LogP contribution in [0.1, 0.15) is 38.2 Å². The van der Waals surface area contributed by atoms with Crippen LogP contribution in [-0.4, -0.2) is 38.1 Å². The number of unbranched alkanes of at least 4 members (excludes halogenated alkanes) is 2. The van der Waals surface area contributed by atoms with Gasteiger partial charge in [-0.3, -0.25) is 0 Å². The first-order chi connectivity index (χ1) is 10.0. The number of hydrogen-bond donors (Lipinski definition) is 1. The number of carbonyl (C=O) groups excluding carboxylic acids is 1. The molecule has 21 heavy (non-hydrogen) atoms. The van der Waals surface area contributed by atoms with Crippen molar-refractivity contribution in [2.75, 3.05) is 27.2 Å². The van der Waals surface area contributed by atoms with Crippen LogP contribution >= 0.6 is 0 Å². The first-order valence-corrected chi connectivity index (χ1v) is 7.66. The molecule has 0 aliphatic rings. The maximum absolute atomic E-state index is 12.1. The van der Waals surface area contributed by atoms with Crippen LogP contribution in [0.4, 0.5) is 0 Å². The highest BCUT2D eigenvalue weighted by molar-refractivity contribution is 5.82. The van der Waals surface area contributed by atoms with Crippen molar-refractivity contribution in [1.82, 2.24) is 4.90 Å². The summed E-state index contributed by atoms with van der Waals surface area (Å²) < 4.78 is 4.92. The molecular weight excluding hydrogens is 264 g/mol. The normalized spacial score (nSPS) is 14.0. The minimum atomic E-state index is -1.07. The Morgan fingerprint density at radius 3 is 2.48 bits per heavy atom. The molecule has 1 unspecified atom stereocenters. The van der Waals surface area contributed by atoms with Gasteiger partial charge in [0.25, 0.3) is 0 Å². The summed E-state index contributed by atoms with van der Waals surface area (Å²) in [6.45, 7) is 3.99. The fourth-order valence-electron chi connectivity index (χ4n) is 2.39. The molecule has 0 amide bonds. The molecule has 0 spiro atoms. The number of carbonyl (C=O) groups is 1. The van der Waals surface area contributed by atoms with Gasteiger partial charge in [0.1, 0.15) is 5.54 Å². The molecule has 0 heterocycles. The van der Waals surface area contributed by atoms with Crippen molar-refractivity contribution >= 4 is 5.97 Å². The fraction of sp³-hybridized carbons (Fsp3) is 0.588. The second-order valence-electron chi connectivity index (χ2n) is 5.59. The number of nitrogens with two attached hydrogens (primary N) is 1. The number of benzene rings is 1. The zero-order chi connectivity index (χ0) is 15.7. The molecule has 118 valence electrons. The highest BCUT2D eigenvalue weighted by Gasteiger charge is 2.36. The molecule has 0 radical (unpaired) electrons. The van der Waals surface area contributed by atoms with Gasteiger partial charge < -0.3 is 15.4 Å². The zero-order valence-electron chi connectivity index (χ0n) is 13.5. The summed E-state index contributed by atoms with van der Waals surface area (Å²) in [7, 11) is 3.45. The molecule has 0 aromatic heterocycles. The number of methoxy groups -OCH3 is 1. The summed E-state index contributed by atoms with van der Waals surface area (Å²) in [6.07, 6.45) is 4.16. The predicted octanol–water partition coefficient (Wildman–Crippen LogP) is 2.53. The average Bonchev–Trinajstić information content (AvgIpc) is 2.52. The van der Waals surface area contributed by atoms with E-state index in [2.05, 4.69) is 18.9 Å². The molecule has 0 aliphatic carbocycles. The van der Waals surface area contributed by atoms with E-state index in [1.165, 1.54) is 26.4 Å². The summed E-state index contributed by atoms with van der Waals surface area (Å²) in [6, 6.07) is 9.47. The van der Waals surface area contributed by atoms with Crippen LogP contribution in [0.3, 0.4) is 0 Å². The van der Waals surface area contributed by atoms with Crippen LogP contribution in [0.25, 0.3) is 0 Å². The van der Waals surface area contributed by atoms with E-state index in [1.54, 1.807) is 0 Å². The first kappa shape index (κ1) is 17.7. The molecule has 2 N–H and O–H groups in total. The van der Waals surface area contributed by atoms with Gasteiger partial charge in [-0.1, -0.05) is 50.1 Å². The Hall–Kier alpha value is -1.39. The van der Waals surface area contributed by atoms with Crippen LogP contribution in [-0.2, 0) is 15.1 Å². The van der Waals surface area contributed by atoms with Crippen LogP contribution < -0.4 is 5.73 Å². The maximum atomic E-state index is 12.1. The Morgan fingerprint density at radius 1 is 1.24 bits per heavy atom. The van der Waals surface area contributed by atoms with E-state index in [4.69, 9.17) is 10.5 Å². The van der Waals surface area contributed by atoms with Crippen molar-refractivity contribution in [2.24, 2.45) is 5.73 Å². The Bertz CT molecular complexity index is 422. The third-order valence-corrected chi connectivity index (χ3v) is 3.87. The molecule has 1 rings (SSSR count). The van der Waals surface area contributed by atoms with Gasteiger partial charge in [0.05, 0.1) is 7.11 Å². The lowest BCUT2D eigenvalue weighted by Crippen LogP contribution is -2.47. The lowest BCUT2D eigenvalue weighted by molar-refractivity contribution is -0.148. The second-order valence-corrected chi connectivity index (χ2v) is 5.59. The van der Waals surface area contributed by atoms with E-state index < -0.39 is 5.54 Å².